The van der Waals surface area contributed by atoms with Gasteiger partial charge in [-0.25, -0.2) is 4.98 Å². The molecule has 35 heavy (non-hydrogen) atoms. The highest BCUT2D eigenvalue weighted by Crippen LogP contribution is 2.31. The molecule has 0 bridgehead atoms. The molecule has 2 N–H and O–H groups in total. The van der Waals surface area contributed by atoms with Crippen LogP contribution in [0, 0.1) is 0 Å². The fourth-order valence-electron chi connectivity index (χ4n) is 3.89. The first kappa shape index (κ1) is 24.4. The van der Waals surface area contributed by atoms with Crippen molar-refractivity contribution in [2.45, 2.75) is 24.9 Å². The van der Waals surface area contributed by atoms with Gasteiger partial charge in [-0.15, -0.1) is 0 Å². The van der Waals surface area contributed by atoms with Gasteiger partial charge in [0.1, 0.15) is 18.5 Å². The van der Waals surface area contributed by atoms with Crippen LogP contribution in [-0.2, 0) is 29.3 Å². The van der Waals surface area contributed by atoms with Gasteiger partial charge in [-0.1, -0.05) is 12.1 Å². The number of nitrogens with zero attached hydrogens (tertiary/aromatic N) is 3. The summed E-state index contributed by atoms with van der Waals surface area (Å²) in [6.45, 7) is -0.264. The minimum Gasteiger partial charge on any atom is -0.394 e. The number of carbonyl (C=O) groups excluding carboxylic acids is 2. The molecular weight excluding hydrogens is 465 g/mol. The van der Waals surface area contributed by atoms with Crippen molar-refractivity contribution in [3.05, 3.63) is 83.4 Å². The van der Waals surface area contributed by atoms with E-state index < -0.39 is 29.8 Å². The van der Waals surface area contributed by atoms with Crippen molar-refractivity contribution in [3.63, 3.8) is 0 Å². The standard InChI is InChI=1S/C24H23F3N4O4/c1-30-11-10-28-20(30)12-31-19(13-32)22(35-14-21(31)33)15-4-8-18(9-5-15)29-23(34)16-2-6-17(7-3-16)24(25,26)27/h2-11,19,22,32H,12-14H2,1H3,(H,29,34). The van der Waals surface area contributed by atoms with Crippen LogP contribution in [0.5, 0.6) is 0 Å². The van der Waals surface area contributed by atoms with Crippen LogP contribution >= 0.6 is 0 Å². The first-order valence-corrected chi connectivity index (χ1v) is 10.7. The summed E-state index contributed by atoms with van der Waals surface area (Å²) in [4.78, 5) is 30.7. The number of halogens is 3. The number of carbonyl (C=O) groups is 2. The maximum absolute atomic E-state index is 12.7. The van der Waals surface area contributed by atoms with Gasteiger partial charge in [0.2, 0.25) is 5.91 Å². The van der Waals surface area contributed by atoms with Gasteiger partial charge < -0.3 is 24.6 Å². The van der Waals surface area contributed by atoms with Gasteiger partial charge in [0.15, 0.2) is 0 Å². The predicted octanol–water partition coefficient (Wildman–Crippen LogP) is 3.15. The molecule has 2 heterocycles. The lowest BCUT2D eigenvalue weighted by molar-refractivity contribution is -0.162. The topological polar surface area (TPSA) is 96.7 Å². The maximum Gasteiger partial charge on any atom is 0.416 e. The summed E-state index contributed by atoms with van der Waals surface area (Å²) in [5, 5.41) is 12.7. The molecule has 0 aliphatic carbocycles. The minimum atomic E-state index is -4.48. The van der Waals surface area contributed by atoms with Crippen LogP contribution in [0.1, 0.15) is 33.4 Å². The zero-order valence-corrected chi connectivity index (χ0v) is 18.7. The number of anilines is 1. The number of ether oxygens (including phenoxy) is 1. The molecule has 2 aromatic carbocycles. The number of aliphatic hydroxyl groups excluding tert-OH is 1. The SMILES string of the molecule is Cn1ccnc1CN1C(=O)COC(c2ccc(NC(=O)c3ccc(C(F)(F)F)cc3)cc2)C1CO. The van der Waals surface area contributed by atoms with Gasteiger partial charge in [-0.3, -0.25) is 9.59 Å². The van der Waals surface area contributed by atoms with Crippen LogP contribution in [0.3, 0.4) is 0 Å². The Morgan fingerprint density at radius 2 is 1.86 bits per heavy atom. The Balaban J connectivity index is 1.46. The highest BCUT2D eigenvalue weighted by molar-refractivity contribution is 6.04. The summed E-state index contributed by atoms with van der Waals surface area (Å²) >= 11 is 0. The van der Waals surface area contributed by atoms with Crippen molar-refractivity contribution in [3.8, 4) is 0 Å². The van der Waals surface area contributed by atoms with E-state index >= 15 is 0 Å². The Hall–Kier alpha value is -3.70. The molecular formula is C24H23F3N4O4. The van der Waals surface area contributed by atoms with E-state index in [0.29, 0.717) is 17.1 Å². The number of hydrogen-bond donors (Lipinski definition) is 2. The zero-order valence-electron chi connectivity index (χ0n) is 18.7. The van der Waals surface area contributed by atoms with E-state index in [1.807, 2.05) is 7.05 Å². The monoisotopic (exact) mass is 488 g/mol. The van der Waals surface area contributed by atoms with E-state index in [-0.39, 0.29) is 31.2 Å². The van der Waals surface area contributed by atoms with Crippen LogP contribution in [-0.4, -0.2) is 50.6 Å². The van der Waals surface area contributed by atoms with Crippen molar-refractivity contribution in [1.82, 2.24) is 14.5 Å². The number of aryl methyl sites for hydroxylation is 1. The second kappa shape index (κ2) is 9.88. The summed E-state index contributed by atoms with van der Waals surface area (Å²) in [6.07, 6.45) is -1.68. The number of aliphatic hydroxyl groups is 1. The molecule has 0 radical (unpaired) electrons. The van der Waals surface area contributed by atoms with Crippen LogP contribution in [0.4, 0.5) is 18.9 Å². The molecule has 0 saturated carbocycles. The Bertz CT molecular complexity index is 1190. The molecule has 1 aliphatic rings. The number of nitrogens with one attached hydrogen (secondary N) is 1. The molecule has 11 heteroatoms. The summed E-state index contributed by atoms with van der Waals surface area (Å²) in [6, 6.07) is 9.93. The Kier molecular flexibility index (Phi) is 6.90. The van der Waals surface area contributed by atoms with Crippen molar-refractivity contribution in [1.29, 1.82) is 0 Å². The van der Waals surface area contributed by atoms with Gasteiger partial charge >= 0.3 is 6.18 Å². The Labute approximate surface area is 199 Å². The molecule has 1 aromatic heterocycles. The van der Waals surface area contributed by atoms with Crippen molar-refractivity contribution >= 4 is 17.5 Å². The van der Waals surface area contributed by atoms with E-state index in [1.165, 1.54) is 4.90 Å². The average molecular weight is 488 g/mol. The third-order valence-corrected chi connectivity index (χ3v) is 5.85. The van der Waals surface area contributed by atoms with Crippen LogP contribution in [0.15, 0.2) is 60.9 Å². The molecule has 1 saturated heterocycles. The van der Waals surface area contributed by atoms with E-state index in [1.54, 1.807) is 41.2 Å². The van der Waals surface area contributed by atoms with Crippen molar-refractivity contribution in [2.24, 2.45) is 7.05 Å². The number of morpholine rings is 1. The second-order valence-electron chi connectivity index (χ2n) is 8.11. The van der Waals surface area contributed by atoms with Gasteiger partial charge in [0.25, 0.3) is 5.91 Å². The molecule has 1 fully saturated rings. The number of alkyl halides is 3. The molecule has 2 amide bonds. The third-order valence-electron chi connectivity index (χ3n) is 5.85. The van der Waals surface area contributed by atoms with Gasteiger partial charge in [0.05, 0.1) is 24.8 Å². The number of benzene rings is 2. The lowest BCUT2D eigenvalue weighted by atomic mass is 9.99. The normalized spacial score (nSPS) is 18.5. The molecule has 8 nitrogen and oxygen atoms in total. The first-order valence-electron chi connectivity index (χ1n) is 10.7. The summed E-state index contributed by atoms with van der Waals surface area (Å²) < 4.78 is 45.7. The zero-order chi connectivity index (χ0) is 25.2. The average Bonchev–Trinajstić information content (AvgIpc) is 3.24. The van der Waals surface area contributed by atoms with Crippen molar-refractivity contribution in [2.75, 3.05) is 18.5 Å². The highest BCUT2D eigenvalue weighted by atomic mass is 19.4. The Morgan fingerprint density at radius 3 is 2.43 bits per heavy atom. The predicted molar refractivity (Wildman–Crippen MR) is 119 cm³/mol. The Morgan fingerprint density at radius 1 is 1.17 bits per heavy atom. The fraction of sp³-hybridized carbons (Fsp3) is 0.292. The van der Waals surface area contributed by atoms with E-state index in [4.69, 9.17) is 4.74 Å². The molecule has 2 unspecified atom stereocenters. The lowest BCUT2D eigenvalue weighted by Crippen LogP contribution is -2.52. The smallest absolute Gasteiger partial charge is 0.394 e. The van der Waals surface area contributed by atoms with Crippen molar-refractivity contribution < 1.29 is 32.6 Å². The molecule has 3 aromatic rings. The number of hydrogen-bond acceptors (Lipinski definition) is 5. The summed E-state index contributed by atoms with van der Waals surface area (Å²) in [5.74, 6) is -0.150. The number of aromatic nitrogens is 2. The molecule has 184 valence electrons. The maximum atomic E-state index is 12.7. The van der Waals surface area contributed by atoms with Crippen LogP contribution in [0.25, 0.3) is 0 Å². The minimum absolute atomic E-state index is 0.0847. The molecule has 4 rings (SSSR count). The second-order valence-corrected chi connectivity index (χ2v) is 8.11. The number of rotatable bonds is 6. The summed E-state index contributed by atoms with van der Waals surface area (Å²) in [7, 11) is 1.82. The van der Waals surface area contributed by atoms with Crippen LogP contribution < -0.4 is 5.32 Å². The van der Waals surface area contributed by atoms with Gasteiger partial charge in [0, 0.05) is 30.7 Å². The lowest BCUT2D eigenvalue weighted by Gasteiger charge is -2.40. The fourth-order valence-corrected chi connectivity index (χ4v) is 3.89. The summed E-state index contributed by atoms with van der Waals surface area (Å²) in [5.41, 5.74) is 0.367. The van der Waals surface area contributed by atoms with Gasteiger partial charge in [-0.2, -0.15) is 13.2 Å². The molecule has 0 spiro atoms. The van der Waals surface area contributed by atoms with E-state index in [9.17, 15) is 27.9 Å². The molecule has 1 aliphatic heterocycles. The number of amides is 2. The largest absolute Gasteiger partial charge is 0.416 e. The highest BCUT2D eigenvalue weighted by Gasteiger charge is 2.37. The van der Waals surface area contributed by atoms with Crippen LogP contribution in [0.2, 0.25) is 0 Å². The van der Waals surface area contributed by atoms with Gasteiger partial charge in [-0.05, 0) is 42.0 Å². The number of imidazole rings is 1. The molecule has 2 atom stereocenters. The first-order chi connectivity index (χ1) is 16.7. The van der Waals surface area contributed by atoms with E-state index in [0.717, 1.165) is 24.3 Å². The third kappa shape index (κ3) is 5.36. The quantitative estimate of drug-likeness (QED) is 0.556. The van der Waals surface area contributed by atoms with E-state index in [2.05, 4.69) is 10.3 Å².